The topological polar surface area (TPSA) is 54.9 Å². The number of unbranched alkanes of at least 4 members (excludes halogenated alkanes) is 1. The van der Waals surface area contributed by atoms with Crippen LogP contribution in [0.25, 0.3) is 0 Å². The average Bonchev–Trinajstić information content (AvgIpc) is 2.86. The first kappa shape index (κ1) is 13.6. The van der Waals surface area contributed by atoms with Crippen LogP contribution in [0.4, 0.5) is 0 Å². The Morgan fingerprint density at radius 1 is 1.42 bits per heavy atom. The summed E-state index contributed by atoms with van der Waals surface area (Å²) >= 11 is 5.08. The van der Waals surface area contributed by atoms with Gasteiger partial charge < -0.3 is 14.8 Å². The van der Waals surface area contributed by atoms with Gasteiger partial charge in [0.1, 0.15) is 0 Å². The minimum absolute atomic E-state index is 0.277. The molecule has 0 saturated carbocycles. The van der Waals surface area contributed by atoms with E-state index in [1.807, 2.05) is 18.2 Å². The first-order valence-electron chi connectivity index (χ1n) is 6.26. The van der Waals surface area contributed by atoms with Gasteiger partial charge in [0.25, 0.3) is 0 Å². The third-order valence-corrected chi connectivity index (χ3v) is 2.83. The van der Waals surface area contributed by atoms with Gasteiger partial charge in [-0.15, -0.1) is 0 Å². The second kappa shape index (κ2) is 6.94. The number of rotatable bonds is 5. The van der Waals surface area contributed by atoms with E-state index in [0.717, 1.165) is 36.4 Å². The second-order valence-electron chi connectivity index (χ2n) is 4.09. The molecule has 19 heavy (non-hydrogen) atoms. The van der Waals surface area contributed by atoms with Gasteiger partial charge in [-0.05, 0) is 42.4 Å². The quantitative estimate of drug-likeness (QED) is 0.374. The highest BCUT2D eigenvalue weighted by molar-refractivity contribution is 7.80. The van der Waals surface area contributed by atoms with Crippen molar-refractivity contribution in [3.8, 4) is 11.5 Å². The summed E-state index contributed by atoms with van der Waals surface area (Å²) in [5.41, 5.74) is 3.70. The van der Waals surface area contributed by atoms with E-state index in [-0.39, 0.29) is 6.79 Å². The Labute approximate surface area is 118 Å². The maximum atomic E-state index is 5.29. The van der Waals surface area contributed by atoms with Crippen molar-refractivity contribution in [3.05, 3.63) is 23.8 Å². The van der Waals surface area contributed by atoms with Crippen LogP contribution in [-0.4, -0.2) is 24.7 Å². The highest BCUT2D eigenvalue weighted by Crippen LogP contribution is 2.31. The van der Waals surface area contributed by atoms with Gasteiger partial charge in [-0.3, -0.25) is 5.43 Å². The Balaban J connectivity index is 1.80. The monoisotopic (exact) mass is 279 g/mol. The molecule has 1 heterocycles. The maximum Gasteiger partial charge on any atom is 0.231 e. The Morgan fingerprint density at radius 3 is 3.11 bits per heavy atom. The molecule has 1 aliphatic rings. The van der Waals surface area contributed by atoms with Gasteiger partial charge in [0.05, 0.1) is 6.21 Å². The summed E-state index contributed by atoms with van der Waals surface area (Å²) in [5.74, 6) is 1.51. The summed E-state index contributed by atoms with van der Waals surface area (Å²) in [4.78, 5) is 0. The summed E-state index contributed by atoms with van der Waals surface area (Å²) in [6, 6.07) is 5.65. The van der Waals surface area contributed by atoms with E-state index in [9.17, 15) is 0 Å². The molecule has 5 nitrogen and oxygen atoms in total. The van der Waals surface area contributed by atoms with Crippen LogP contribution in [0.15, 0.2) is 23.3 Å². The molecule has 0 fully saturated rings. The normalized spacial score (nSPS) is 12.7. The summed E-state index contributed by atoms with van der Waals surface area (Å²) < 4.78 is 10.5. The molecular formula is C13H17N3O2S. The molecule has 2 rings (SSSR count). The number of ether oxygens (including phenoxy) is 2. The highest BCUT2D eigenvalue weighted by Gasteiger charge is 2.12. The lowest BCUT2D eigenvalue weighted by atomic mass is 10.2. The minimum atomic E-state index is 0.277. The molecule has 2 N–H and O–H groups in total. The number of hydrazone groups is 1. The Hall–Kier alpha value is -1.82. The van der Waals surface area contributed by atoms with Crippen molar-refractivity contribution in [1.29, 1.82) is 0 Å². The molecule has 0 unspecified atom stereocenters. The predicted molar refractivity (Wildman–Crippen MR) is 78.8 cm³/mol. The number of fused-ring (bicyclic) bond motifs is 1. The van der Waals surface area contributed by atoms with Crippen LogP contribution >= 0.6 is 12.2 Å². The smallest absolute Gasteiger partial charge is 0.231 e. The zero-order valence-corrected chi connectivity index (χ0v) is 11.6. The van der Waals surface area contributed by atoms with Crippen LogP contribution in [0.1, 0.15) is 25.3 Å². The van der Waals surface area contributed by atoms with E-state index < -0.39 is 0 Å². The molecule has 0 amide bonds. The van der Waals surface area contributed by atoms with Crippen LogP contribution in [-0.2, 0) is 0 Å². The lowest BCUT2D eigenvalue weighted by molar-refractivity contribution is 0.174. The molecule has 0 atom stereocenters. The summed E-state index contributed by atoms with van der Waals surface area (Å²) in [7, 11) is 0. The van der Waals surface area contributed by atoms with Crippen LogP contribution in [0.3, 0.4) is 0 Å². The van der Waals surface area contributed by atoms with Gasteiger partial charge in [0.15, 0.2) is 16.6 Å². The minimum Gasteiger partial charge on any atom is -0.454 e. The summed E-state index contributed by atoms with van der Waals surface area (Å²) in [5, 5.41) is 7.68. The molecule has 0 radical (unpaired) electrons. The van der Waals surface area contributed by atoms with E-state index in [0.29, 0.717) is 5.11 Å². The number of hydrogen-bond donors (Lipinski definition) is 2. The molecule has 1 aliphatic heterocycles. The van der Waals surface area contributed by atoms with E-state index in [1.165, 1.54) is 0 Å². The predicted octanol–water partition coefficient (Wildman–Crippen LogP) is 2.01. The van der Waals surface area contributed by atoms with Gasteiger partial charge in [-0.1, -0.05) is 13.3 Å². The number of nitrogens with one attached hydrogen (secondary N) is 2. The summed E-state index contributed by atoms with van der Waals surface area (Å²) in [6.45, 7) is 3.28. The molecule has 0 aromatic heterocycles. The van der Waals surface area contributed by atoms with Crippen LogP contribution in [0.2, 0.25) is 0 Å². The molecule has 0 aliphatic carbocycles. The van der Waals surface area contributed by atoms with Crippen LogP contribution < -0.4 is 20.2 Å². The fourth-order valence-electron chi connectivity index (χ4n) is 1.58. The molecule has 0 saturated heterocycles. The number of thiocarbonyl (C=S) groups is 1. The fraction of sp³-hybridized carbons (Fsp3) is 0.385. The lowest BCUT2D eigenvalue weighted by Crippen LogP contribution is -2.32. The largest absolute Gasteiger partial charge is 0.454 e. The van der Waals surface area contributed by atoms with Gasteiger partial charge in [0, 0.05) is 6.54 Å². The molecule has 6 heteroatoms. The Kier molecular flexibility index (Phi) is 4.97. The first-order valence-corrected chi connectivity index (χ1v) is 6.67. The van der Waals surface area contributed by atoms with Crippen LogP contribution in [0.5, 0.6) is 11.5 Å². The first-order chi connectivity index (χ1) is 9.29. The van der Waals surface area contributed by atoms with Crippen molar-refractivity contribution in [2.24, 2.45) is 5.10 Å². The van der Waals surface area contributed by atoms with Crippen molar-refractivity contribution in [3.63, 3.8) is 0 Å². The zero-order valence-electron chi connectivity index (χ0n) is 10.8. The standard InChI is InChI=1S/C13H17N3O2S/c1-2-3-6-14-13(19)16-15-8-10-4-5-11-12(7-10)18-9-17-11/h4-5,7-8H,2-3,6,9H2,1H3,(H2,14,16,19). The van der Waals surface area contributed by atoms with E-state index in [1.54, 1.807) is 6.21 Å². The van der Waals surface area contributed by atoms with Crippen molar-refractivity contribution in [2.75, 3.05) is 13.3 Å². The van der Waals surface area contributed by atoms with Crippen molar-refractivity contribution >= 4 is 23.5 Å². The van der Waals surface area contributed by atoms with E-state index >= 15 is 0 Å². The van der Waals surface area contributed by atoms with E-state index in [4.69, 9.17) is 21.7 Å². The number of hydrogen-bond acceptors (Lipinski definition) is 4. The van der Waals surface area contributed by atoms with Crippen LogP contribution in [0, 0.1) is 0 Å². The molecule has 0 spiro atoms. The zero-order chi connectivity index (χ0) is 13.5. The lowest BCUT2D eigenvalue weighted by Gasteiger charge is -2.05. The fourth-order valence-corrected chi connectivity index (χ4v) is 1.73. The van der Waals surface area contributed by atoms with Crippen molar-refractivity contribution in [2.45, 2.75) is 19.8 Å². The Bertz CT molecular complexity index is 477. The van der Waals surface area contributed by atoms with Gasteiger partial charge in [-0.25, -0.2) is 0 Å². The third kappa shape index (κ3) is 4.10. The van der Waals surface area contributed by atoms with Crippen molar-refractivity contribution in [1.82, 2.24) is 10.7 Å². The average molecular weight is 279 g/mol. The van der Waals surface area contributed by atoms with Gasteiger partial charge in [-0.2, -0.15) is 5.10 Å². The van der Waals surface area contributed by atoms with E-state index in [2.05, 4.69) is 22.8 Å². The third-order valence-electron chi connectivity index (χ3n) is 2.59. The maximum absolute atomic E-state index is 5.29. The molecule has 1 aromatic rings. The number of nitrogens with zero attached hydrogens (tertiary/aromatic N) is 1. The molecule has 1 aromatic carbocycles. The Morgan fingerprint density at radius 2 is 2.26 bits per heavy atom. The second-order valence-corrected chi connectivity index (χ2v) is 4.50. The highest BCUT2D eigenvalue weighted by atomic mass is 32.1. The summed E-state index contributed by atoms with van der Waals surface area (Å²) in [6.07, 6.45) is 3.92. The van der Waals surface area contributed by atoms with Crippen molar-refractivity contribution < 1.29 is 9.47 Å². The van der Waals surface area contributed by atoms with Gasteiger partial charge >= 0.3 is 0 Å². The molecule has 102 valence electrons. The van der Waals surface area contributed by atoms with Gasteiger partial charge in [0.2, 0.25) is 6.79 Å². The SMILES string of the molecule is CCCCNC(=S)NN=Cc1ccc2c(c1)OCO2. The molecule has 0 bridgehead atoms. The molecular weight excluding hydrogens is 262 g/mol. The number of benzene rings is 1.